The van der Waals surface area contributed by atoms with Gasteiger partial charge in [0, 0.05) is 12.1 Å². The highest BCUT2D eigenvalue weighted by molar-refractivity contribution is 5.65. The number of phenols is 1. The van der Waals surface area contributed by atoms with Gasteiger partial charge in [-0.1, -0.05) is 60.7 Å². The van der Waals surface area contributed by atoms with Crippen LogP contribution in [0.1, 0.15) is 22.8 Å². The predicted molar refractivity (Wildman–Crippen MR) is 134 cm³/mol. The minimum atomic E-state index is -0.715. The van der Waals surface area contributed by atoms with E-state index in [1.54, 1.807) is 12.1 Å². The Morgan fingerprint density at radius 3 is 2.29 bits per heavy atom. The van der Waals surface area contributed by atoms with Crippen LogP contribution in [0.4, 0.5) is 0 Å². The maximum Gasteiger partial charge on any atom is 0.128 e. The van der Waals surface area contributed by atoms with Gasteiger partial charge in [-0.3, -0.25) is 0 Å². The van der Waals surface area contributed by atoms with Gasteiger partial charge in [-0.25, -0.2) is 0 Å². The van der Waals surface area contributed by atoms with E-state index in [-0.39, 0.29) is 12.4 Å². The first-order chi connectivity index (χ1) is 16.6. The highest BCUT2D eigenvalue weighted by atomic mass is 16.5. The van der Waals surface area contributed by atoms with Gasteiger partial charge in [0.15, 0.2) is 0 Å². The van der Waals surface area contributed by atoms with Crippen molar-refractivity contribution < 1.29 is 20.1 Å². The topological polar surface area (TPSA) is 82.0 Å². The van der Waals surface area contributed by atoms with Crippen LogP contribution in [-0.2, 0) is 13.0 Å². The third-order valence-corrected chi connectivity index (χ3v) is 5.69. The SMILES string of the molecule is OCc1cc(C(O)CNCCc2ccc(Oc3cccc(-c4ccccc4)c3)cc2)ccc1O. The molecule has 0 fully saturated rings. The van der Waals surface area contributed by atoms with Crippen LogP contribution in [0.3, 0.4) is 0 Å². The van der Waals surface area contributed by atoms with Crippen LogP contribution in [-0.4, -0.2) is 28.4 Å². The van der Waals surface area contributed by atoms with Gasteiger partial charge in [-0.15, -0.1) is 0 Å². The quantitative estimate of drug-likeness (QED) is 0.247. The lowest BCUT2D eigenvalue weighted by Gasteiger charge is -2.14. The first-order valence-corrected chi connectivity index (χ1v) is 11.4. The minimum Gasteiger partial charge on any atom is -0.508 e. The molecule has 0 saturated heterocycles. The van der Waals surface area contributed by atoms with Crippen molar-refractivity contribution in [2.75, 3.05) is 13.1 Å². The molecule has 4 aromatic rings. The van der Waals surface area contributed by atoms with Gasteiger partial charge >= 0.3 is 0 Å². The van der Waals surface area contributed by atoms with Crippen molar-refractivity contribution in [2.24, 2.45) is 0 Å². The van der Waals surface area contributed by atoms with E-state index >= 15 is 0 Å². The lowest BCUT2D eigenvalue weighted by atomic mass is 10.1. The summed E-state index contributed by atoms with van der Waals surface area (Å²) in [6.45, 7) is 0.827. The van der Waals surface area contributed by atoms with E-state index in [1.807, 2.05) is 60.7 Å². The average molecular weight is 456 g/mol. The molecule has 0 aliphatic rings. The maximum atomic E-state index is 10.4. The van der Waals surface area contributed by atoms with Crippen LogP contribution < -0.4 is 10.1 Å². The second-order valence-corrected chi connectivity index (χ2v) is 8.16. The van der Waals surface area contributed by atoms with Crippen LogP contribution >= 0.6 is 0 Å². The summed E-state index contributed by atoms with van der Waals surface area (Å²) in [7, 11) is 0. The Labute approximate surface area is 199 Å². The Kier molecular flexibility index (Phi) is 7.94. The number of ether oxygens (including phenoxy) is 1. The van der Waals surface area contributed by atoms with Crippen LogP contribution in [0.5, 0.6) is 17.2 Å². The Bertz CT molecular complexity index is 1190. The second kappa shape index (κ2) is 11.5. The molecule has 5 nitrogen and oxygen atoms in total. The van der Waals surface area contributed by atoms with Crippen LogP contribution in [0.15, 0.2) is 97.1 Å². The molecule has 4 rings (SSSR count). The van der Waals surface area contributed by atoms with Gasteiger partial charge in [-0.2, -0.15) is 0 Å². The van der Waals surface area contributed by atoms with Crippen molar-refractivity contribution in [2.45, 2.75) is 19.1 Å². The van der Waals surface area contributed by atoms with Crippen LogP contribution in [0, 0.1) is 0 Å². The van der Waals surface area contributed by atoms with Crippen molar-refractivity contribution in [3.8, 4) is 28.4 Å². The number of aliphatic hydroxyl groups excluding tert-OH is 2. The molecule has 0 aliphatic carbocycles. The molecule has 5 heteroatoms. The minimum absolute atomic E-state index is 0.0303. The largest absolute Gasteiger partial charge is 0.508 e. The van der Waals surface area contributed by atoms with E-state index in [2.05, 4.69) is 23.5 Å². The van der Waals surface area contributed by atoms with Crippen molar-refractivity contribution >= 4 is 0 Å². The number of hydrogen-bond donors (Lipinski definition) is 4. The molecule has 4 aromatic carbocycles. The van der Waals surface area contributed by atoms with Gasteiger partial charge in [-0.05, 0) is 71.6 Å². The Balaban J connectivity index is 1.26. The van der Waals surface area contributed by atoms with Crippen LogP contribution in [0.2, 0.25) is 0 Å². The number of aromatic hydroxyl groups is 1. The van der Waals surface area contributed by atoms with Crippen molar-refractivity contribution in [1.29, 1.82) is 0 Å². The normalized spacial score (nSPS) is 11.8. The Hall–Kier alpha value is -3.64. The number of aliphatic hydroxyl groups is 2. The summed E-state index contributed by atoms with van der Waals surface area (Å²) in [4.78, 5) is 0. The fourth-order valence-electron chi connectivity index (χ4n) is 3.76. The molecule has 1 atom stereocenters. The lowest BCUT2D eigenvalue weighted by Crippen LogP contribution is -2.23. The molecule has 0 bridgehead atoms. The van der Waals surface area contributed by atoms with Gasteiger partial charge in [0.1, 0.15) is 17.2 Å². The highest BCUT2D eigenvalue weighted by Crippen LogP contribution is 2.27. The van der Waals surface area contributed by atoms with Crippen molar-refractivity contribution in [3.05, 3.63) is 114 Å². The zero-order valence-corrected chi connectivity index (χ0v) is 18.9. The molecule has 1 unspecified atom stereocenters. The molecule has 0 saturated carbocycles. The molecular formula is C29H29NO4. The first kappa shape index (κ1) is 23.5. The summed E-state index contributed by atoms with van der Waals surface area (Å²) < 4.78 is 6.04. The molecule has 0 amide bonds. The van der Waals surface area contributed by atoms with E-state index in [1.165, 1.54) is 11.6 Å². The number of rotatable bonds is 10. The molecule has 0 aromatic heterocycles. The molecule has 174 valence electrons. The smallest absolute Gasteiger partial charge is 0.128 e. The predicted octanol–water partition coefficient (Wildman–Crippen LogP) is 5.21. The summed E-state index contributed by atoms with van der Waals surface area (Å²) in [5.74, 6) is 1.61. The third-order valence-electron chi connectivity index (χ3n) is 5.69. The molecule has 34 heavy (non-hydrogen) atoms. The zero-order valence-electron chi connectivity index (χ0n) is 18.9. The number of hydrogen-bond acceptors (Lipinski definition) is 5. The maximum absolute atomic E-state index is 10.4. The van der Waals surface area contributed by atoms with E-state index in [0.717, 1.165) is 29.0 Å². The molecule has 0 heterocycles. The molecule has 0 radical (unpaired) electrons. The fourth-order valence-corrected chi connectivity index (χ4v) is 3.76. The second-order valence-electron chi connectivity index (χ2n) is 8.16. The Morgan fingerprint density at radius 2 is 1.53 bits per heavy atom. The summed E-state index contributed by atoms with van der Waals surface area (Å²) >= 11 is 0. The summed E-state index contributed by atoms with van der Waals surface area (Å²) in [6.07, 6.45) is 0.0989. The highest BCUT2D eigenvalue weighted by Gasteiger charge is 2.10. The first-order valence-electron chi connectivity index (χ1n) is 11.4. The summed E-state index contributed by atoms with van der Waals surface area (Å²) in [6, 6.07) is 31.1. The summed E-state index contributed by atoms with van der Waals surface area (Å²) in [5.41, 5.74) is 4.50. The average Bonchev–Trinajstić information content (AvgIpc) is 2.88. The number of benzene rings is 4. The van der Waals surface area contributed by atoms with E-state index in [4.69, 9.17) is 4.74 Å². The molecule has 0 spiro atoms. The molecular weight excluding hydrogens is 426 g/mol. The van der Waals surface area contributed by atoms with Gasteiger partial charge in [0.05, 0.1) is 12.7 Å². The van der Waals surface area contributed by atoms with Crippen molar-refractivity contribution in [3.63, 3.8) is 0 Å². The van der Waals surface area contributed by atoms with E-state index < -0.39 is 6.10 Å². The van der Waals surface area contributed by atoms with Gasteiger partial charge in [0.25, 0.3) is 0 Å². The lowest BCUT2D eigenvalue weighted by molar-refractivity contribution is 0.174. The van der Waals surface area contributed by atoms with Crippen molar-refractivity contribution in [1.82, 2.24) is 5.32 Å². The van der Waals surface area contributed by atoms with Crippen LogP contribution in [0.25, 0.3) is 11.1 Å². The van der Waals surface area contributed by atoms with Gasteiger partial charge in [0.2, 0.25) is 0 Å². The number of nitrogens with one attached hydrogen (secondary N) is 1. The standard InChI is InChI=1S/C29H29NO4/c31-20-25-17-24(11-14-28(25)32)29(33)19-30-16-15-21-9-12-26(13-10-21)34-27-8-4-7-23(18-27)22-5-2-1-3-6-22/h1-14,17-18,29-33H,15-16,19-20H2. The van der Waals surface area contributed by atoms with E-state index in [0.29, 0.717) is 24.2 Å². The van der Waals surface area contributed by atoms with E-state index in [9.17, 15) is 15.3 Å². The zero-order chi connectivity index (χ0) is 23.8. The molecule has 0 aliphatic heterocycles. The molecule has 4 N–H and O–H groups in total. The summed E-state index contributed by atoms with van der Waals surface area (Å²) in [5, 5.41) is 32.5. The Morgan fingerprint density at radius 1 is 0.765 bits per heavy atom. The monoisotopic (exact) mass is 455 g/mol. The third kappa shape index (κ3) is 6.23. The fraction of sp³-hybridized carbons (Fsp3) is 0.172. The van der Waals surface area contributed by atoms with Gasteiger partial charge < -0.3 is 25.4 Å².